The number of thiol groups is 2. The molecule has 0 spiro atoms. The predicted molar refractivity (Wildman–Crippen MR) is 47.0 cm³/mol. The van der Waals surface area contributed by atoms with E-state index in [4.69, 9.17) is 9.84 Å². The maximum Gasteiger partial charge on any atom is 0.108 e. The summed E-state index contributed by atoms with van der Waals surface area (Å²) < 4.78 is 5.12. The van der Waals surface area contributed by atoms with E-state index in [0.717, 1.165) is 12.2 Å². The molecule has 0 aliphatic carbocycles. The topological polar surface area (TPSA) is 32.8 Å². The van der Waals surface area contributed by atoms with Crippen molar-refractivity contribution in [1.29, 1.82) is 0 Å². The van der Waals surface area contributed by atoms with Crippen LogP contribution < -0.4 is 0 Å². The Morgan fingerprint density at radius 2 is 2.30 bits per heavy atom. The van der Waals surface area contributed by atoms with Gasteiger partial charge in [0.1, 0.15) is 6.10 Å². The average molecular weight is 180 g/mol. The Morgan fingerprint density at radius 1 is 1.60 bits per heavy atom. The first kappa shape index (κ1) is 8.71. The Morgan fingerprint density at radius 3 is 2.70 bits per heavy atom. The molecule has 4 heteroatoms. The van der Waals surface area contributed by atoms with E-state index in [1.54, 1.807) is 0 Å². The van der Waals surface area contributed by atoms with Gasteiger partial charge in [0.15, 0.2) is 0 Å². The molecule has 1 saturated heterocycles. The lowest BCUT2D eigenvalue weighted by atomic mass is 10.2. The van der Waals surface area contributed by atoms with Crippen molar-refractivity contribution in [2.75, 3.05) is 12.4 Å². The molecule has 3 unspecified atom stereocenters. The molecule has 3 atom stereocenters. The van der Waals surface area contributed by atoms with Crippen molar-refractivity contribution in [2.45, 2.75) is 23.9 Å². The van der Waals surface area contributed by atoms with E-state index in [-0.39, 0.29) is 24.1 Å². The average Bonchev–Trinajstić information content (AvgIpc) is 2.66. The molecule has 0 aromatic heterocycles. The Balaban J connectivity index is 2.12. The summed E-state index contributed by atoms with van der Waals surface area (Å²) >= 11 is 8.37. The lowest BCUT2D eigenvalue weighted by Crippen LogP contribution is -2.12. The number of epoxide rings is 1. The highest BCUT2D eigenvalue weighted by atomic mass is 32.1. The third-order valence-electron chi connectivity index (χ3n) is 1.61. The van der Waals surface area contributed by atoms with E-state index >= 15 is 0 Å². The predicted octanol–water partition coefficient (Wildman–Crippen LogP) is 0.364. The molecule has 1 heterocycles. The summed E-state index contributed by atoms with van der Waals surface area (Å²) in [4.78, 5) is 0. The number of hydrogen-bond donors (Lipinski definition) is 3. The van der Waals surface area contributed by atoms with Gasteiger partial charge < -0.3 is 9.84 Å². The molecule has 0 radical (unpaired) electrons. The Labute approximate surface area is 71.8 Å². The lowest BCUT2D eigenvalue weighted by Gasteiger charge is -2.02. The van der Waals surface area contributed by atoms with E-state index in [9.17, 15) is 0 Å². The quantitative estimate of drug-likeness (QED) is 0.431. The van der Waals surface area contributed by atoms with Crippen LogP contribution in [-0.2, 0) is 4.74 Å². The van der Waals surface area contributed by atoms with Gasteiger partial charge in [-0.15, -0.1) is 0 Å². The van der Waals surface area contributed by atoms with Crippen LogP contribution in [0.15, 0.2) is 0 Å². The van der Waals surface area contributed by atoms with E-state index in [1.807, 2.05) is 0 Å². The fourth-order valence-corrected chi connectivity index (χ4v) is 1.81. The van der Waals surface area contributed by atoms with Crippen molar-refractivity contribution < 1.29 is 9.84 Å². The molecule has 0 aromatic carbocycles. The molecule has 1 aliphatic heterocycles. The highest BCUT2D eigenvalue weighted by Gasteiger charge is 2.42. The standard InChI is InChI=1S/C6H12O2S2/c7-3-4-6(8-4)5(10)1-2-9/h4-7,9-10H,1-3H2. The highest BCUT2D eigenvalue weighted by Crippen LogP contribution is 2.29. The molecule has 1 aliphatic rings. The van der Waals surface area contributed by atoms with Gasteiger partial charge in [-0.25, -0.2) is 0 Å². The van der Waals surface area contributed by atoms with Crippen LogP contribution in [0.2, 0.25) is 0 Å². The van der Waals surface area contributed by atoms with Crippen LogP contribution in [-0.4, -0.2) is 34.9 Å². The van der Waals surface area contributed by atoms with Gasteiger partial charge in [0.2, 0.25) is 0 Å². The summed E-state index contributed by atoms with van der Waals surface area (Å²) in [6.45, 7) is 0.119. The van der Waals surface area contributed by atoms with Crippen molar-refractivity contribution >= 4 is 25.3 Å². The number of ether oxygens (including phenoxy) is 1. The SMILES string of the molecule is OCC1OC1C(S)CCS. The van der Waals surface area contributed by atoms with E-state index in [0.29, 0.717) is 0 Å². The fraction of sp³-hybridized carbons (Fsp3) is 1.00. The second-order valence-electron chi connectivity index (χ2n) is 2.40. The van der Waals surface area contributed by atoms with Gasteiger partial charge in [-0.3, -0.25) is 0 Å². The Hall–Kier alpha value is 0.620. The zero-order chi connectivity index (χ0) is 7.56. The van der Waals surface area contributed by atoms with Crippen LogP contribution >= 0.6 is 25.3 Å². The molecule has 0 amide bonds. The molecule has 2 nitrogen and oxygen atoms in total. The van der Waals surface area contributed by atoms with Crippen molar-refractivity contribution in [1.82, 2.24) is 0 Å². The van der Waals surface area contributed by atoms with Crippen LogP contribution in [0.25, 0.3) is 0 Å². The van der Waals surface area contributed by atoms with Gasteiger partial charge in [0, 0.05) is 5.25 Å². The molecule has 0 saturated carbocycles. The maximum absolute atomic E-state index is 8.62. The lowest BCUT2D eigenvalue weighted by molar-refractivity contribution is 0.242. The molecule has 60 valence electrons. The summed E-state index contributed by atoms with van der Waals surface area (Å²) in [5.41, 5.74) is 0. The molecule has 1 rings (SSSR count). The number of hydrogen-bond acceptors (Lipinski definition) is 4. The maximum atomic E-state index is 8.62. The van der Waals surface area contributed by atoms with Crippen molar-refractivity contribution in [3.05, 3.63) is 0 Å². The van der Waals surface area contributed by atoms with Gasteiger partial charge in [-0.1, -0.05) is 0 Å². The molecule has 10 heavy (non-hydrogen) atoms. The molecular weight excluding hydrogens is 168 g/mol. The Bertz CT molecular complexity index is 110. The first-order chi connectivity index (χ1) is 4.79. The summed E-state index contributed by atoms with van der Waals surface area (Å²) in [5, 5.41) is 8.86. The van der Waals surface area contributed by atoms with Crippen LogP contribution in [0.1, 0.15) is 6.42 Å². The van der Waals surface area contributed by atoms with Crippen LogP contribution in [0, 0.1) is 0 Å². The van der Waals surface area contributed by atoms with Crippen molar-refractivity contribution in [2.24, 2.45) is 0 Å². The van der Waals surface area contributed by atoms with Gasteiger partial charge >= 0.3 is 0 Å². The van der Waals surface area contributed by atoms with E-state index < -0.39 is 0 Å². The molecular formula is C6H12O2S2. The fourth-order valence-electron chi connectivity index (χ4n) is 0.938. The summed E-state index contributed by atoms with van der Waals surface area (Å²) in [6.07, 6.45) is 1.15. The van der Waals surface area contributed by atoms with Crippen LogP contribution in [0.4, 0.5) is 0 Å². The normalized spacial score (nSPS) is 33.9. The minimum absolute atomic E-state index is 0.0439. The largest absolute Gasteiger partial charge is 0.394 e. The second-order valence-corrected chi connectivity index (χ2v) is 3.51. The first-order valence-electron chi connectivity index (χ1n) is 3.35. The van der Waals surface area contributed by atoms with E-state index in [2.05, 4.69) is 25.3 Å². The van der Waals surface area contributed by atoms with Crippen molar-refractivity contribution in [3.63, 3.8) is 0 Å². The summed E-state index contributed by atoms with van der Waals surface area (Å²) in [6, 6.07) is 0. The zero-order valence-electron chi connectivity index (χ0n) is 5.60. The van der Waals surface area contributed by atoms with Crippen LogP contribution in [0.5, 0.6) is 0 Å². The molecule has 0 aromatic rings. The number of aliphatic hydroxyl groups is 1. The van der Waals surface area contributed by atoms with Gasteiger partial charge in [0.25, 0.3) is 0 Å². The van der Waals surface area contributed by atoms with Gasteiger partial charge in [-0.2, -0.15) is 25.3 Å². The van der Waals surface area contributed by atoms with Gasteiger partial charge in [0.05, 0.1) is 12.7 Å². The monoisotopic (exact) mass is 180 g/mol. The Kier molecular flexibility index (Phi) is 3.36. The second kappa shape index (κ2) is 3.85. The third kappa shape index (κ3) is 2.05. The highest BCUT2D eigenvalue weighted by molar-refractivity contribution is 7.81. The number of rotatable bonds is 4. The summed E-state index contributed by atoms with van der Waals surface area (Å²) in [5.74, 6) is 0.826. The minimum atomic E-state index is 0.0439. The van der Waals surface area contributed by atoms with Gasteiger partial charge in [-0.05, 0) is 12.2 Å². The molecule has 1 fully saturated rings. The van der Waals surface area contributed by atoms with E-state index in [1.165, 1.54) is 0 Å². The van der Waals surface area contributed by atoms with Crippen molar-refractivity contribution in [3.8, 4) is 0 Å². The smallest absolute Gasteiger partial charge is 0.108 e. The summed E-state index contributed by atoms with van der Waals surface area (Å²) in [7, 11) is 0. The van der Waals surface area contributed by atoms with Crippen LogP contribution in [0.3, 0.4) is 0 Å². The number of aliphatic hydroxyl groups excluding tert-OH is 1. The minimum Gasteiger partial charge on any atom is -0.394 e. The third-order valence-corrected chi connectivity index (χ3v) is 2.42. The zero-order valence-corrected chi connectivity index (χ0v) is 7.39. The first-order valence-corrected chi connectivity index (χ1v) is 4.49. The molecule has 0 bridgehead atoms. The molecule has 1 N–H and O–H groups in total.